The first-order valence-electron chi connectivity index (χ1n) is 6.84. The zero-order valence-electron chi connectivity index (χ0n) is 10.0. The summed E-state index contributed by atoms with van der Waals surface area (Å²) in [6, 6.07) is 0. The Labute approximate surface area is 97.8 Å². The predicted molar refractivity (Wildman–Crippen MR) is 62.4 cm³/mol. The number of β-amino-alcohol motifs (C(OH)–C–C–N with tert-alkyl or cyclic N) is 1. The topological polar surface area (TPSA) is 32.7 Å². The Kier molecular flexibility index (Phi) is 2.94. The molecule has 2 saturated heterocycles. The fourth-order valence-electron chi connectivity index (χ4n) is 3.68. The zero-order chi connectivity index (χ0) is 11.0. The second-order valence-corrected chi connectivity index (χ2v) is 5.87. The molecule has 2 atom stereocenters. The number of likely N-dealkylation sites (tertiary alicyclic amines) is 1. The van der Waals surface area contributed by atoms with E-state index in [0.29, 0.717) is 6.10 Å². The fraction of sp³-hybridized carbons (Fsp3) is 1.00. The van der Waals surface area contributed by atoms with Gasteiger partial charge in [0.2, 0.25) is 0 Å². The lowest BCUT2D eigenvalue weighted by Crippen LogP contribution is -2.33. The lowest BCUT2D eigenvalue weighted by atomic mass is 9.98. The Morgan fingerprint density at radius 3 is 2.69 bits per heavy atom. The van der Waals surface area contributed by atoms with E-state index in [1.807, 2.05) is 0 Å². The summed E-state index contributed by atoms with van der Waals surface area (Å²) in [6.45, 7) is 2.94. The van der Waals surface area contributed by atoms with Crippen molar-refractivity contribution in [1.29, 1.82) is 0 Å². The van der Waals surface area contributed by atoms with Crippen molar-refractivity contribution in [1.82, 2.24) is 4.90 Å². The van der Waals surface area contributed by atoms with Crippen LogP contribution in [0.3, 0.4) is 0 Å². The number of aliphatic hydroxyl groups excluding tert-OH is 1. The van der Waals surface area contributed by atoms with Gasteiger partial charge in [0.1, 0.15) is 0 Å². The zero-order valence-corrected chi connectivity index (χ0v) is 10.0. The van der Waals surface area contributed by atoms with Crippen molar-refractivity contribution in [3.63, 3.8) is 0 Å². The summed E-state index contributed by atoms with van der Waals surface area (Å²) in [5, 5.41) is 9.50. The van der Waals surface area contributed by atoms with Gasteiger partial charge in [0.25, 0.3) is 0 Å². The van der Waals surface area contributed by atoms with Crippen LogP contribution in [0.2, 0.25) is 0 Å². The van der Waals surface area contributed by atoms with E-state index in [9.17, 15) is 5.11 Å². The number of hydrogen-bond donors (Lipinski definition) is 1. The lowest BCUT2D eigenvalue weighted by molar-refractivity contribution is -0.0460. The highest BCUT2D eigenvalue weighted by molar-refractivity contribution is 4.94. The third kappa shape index (κ3) is 2.13. The van der Waals surface area contributed by atoms with E-state index in [2.05, 4.69) is 4.90 Å². The minimum absolute atomic E-state index is 0.0955. The summed E-state index contributed by atoms with van der Waals surface area (Å²) >= 11 is 0. The first-order valence-corrected chi connectivity index (χ1v) is 6.84. The summed E-state index contributed by atoms with van der Waals surface area (Å²) in [6.07, 6.45) is 9.06. The molecule has 2 aliphatic heterocycles. The molecule has 0 amide bonds. The molecular formula is C13H23NO2. The van der Waals surface area contributed by atoms with Crippen molar-refractivity contribution in [2.24, 2.45) is 0 Å². The maximum absolute atomic E-state index is 9.50. The molecule has 92 valence electrons. The first-order chi connectivity index (χ1) is 7.76. The summed E-state index contributed by atoms with van der Waals surface area (Å²) in [7, 11) is 0. The quantitative estimate of drug-likeness (QED) is 0.774. The average molecular weight is 225 g/mol. The third-order valence-electron chi connectivity index (χ3n) is 4.56. The van der Waals surface area contributed by atoms with Gasteiger partial charge in [0.15, 0.2) is 0 Å². The van der Waals surface area contributed by atoms with Gasteiger partial charge in [-0.15, -0.1) is 0 Å². The molecule has 3 nitrogen and oxygen atoms in total. The molecule has 1 aliphatic carbocycles. The molecule has 16 heavy (non-hydrogen) atoms. The fourth-order valence-corrected chi connectivity index (χ4v) is 3.68. The van der Waals surface area contributed by atoms with E-state index < -0.39 is 0 Å². The highest BCUT2D eigenvalue weighted by atomic mass is 16.5. The number of hydrogen-bond acceptors (Lipinski definition) is 3. The van der Waals surface area contributed by atoms with Crippen LogP contribution in [0.25, 0.3) is 0 Å². The van der Waals surface area contributed by atoms with Crippen LogP contribution in [-0.2, 0) is 4.74 Å². The molecule has 3 heteroatoms. The van der Waals surface area contributed by atoms with E-state index in [1.165, 1.54) is 38.5 Å². The van der Waals surface area contributed by atoms with Crippen LogP contribution in [0.1, 0.15) is 44.9 Å². The lowest BCUT2D eigenvalue weighted by Gasteiger charge is -2.26. The Bertz CT molecular complexity index is 250. The molecule has 3 fully saturated rings. The van der Waals surface area contributed by atoms with Gasteiger partial charge in [0, 0.05) is 19.6 Å². The third-order valence-corrected chi connectivity index (χ3v) is 4.56. The highest BCUT2D eigenvalue weighted by Crippen LogP contribution is 2.43. The van der Waals surface area contributed by atoms with Crippen LogP contribution < -0.4 is 0 Å². The Balaban J connectivity index is 1.50. The molecule has 3 rings (SSSR count). The molecule has 1 spiro atoms. The Morgan fingerprint density at radius 1 is 1.19 bits per heavy atom. The summed E-state index contributed by atoms with van der Waals surface area (Å²) in [5.41, 5.74) is 0.267. The van der Waals surface area contributed by atoms with Crippen molar-refractivity contribution in [2.45, 2.75) is 62.8 Å². The monoisotopic (exact) mass is 225 g/mol. The second kappa shape index (κ2) is 4.28. The summed E-state index contributed by atoms with van der Waals surface area (Å²) in [4.78, 5) is 2.36. The maximum atomic E-state index is 9.50. The first kappa shape index (κ1) is 11.0. The van der Waals surface area contributed by atoms with E-state index in [4.69, 9.17) is 4.74 Å². The van der Waals surface area contributed by atoms with Crippen LogP contribution in [0.4, 0.5) is 0 Å². The van der Waals surface area contributed by atoms with E-state index in [0.717, 1.165) is 26.1 Å². The van der Waals surface area contributed by atoms with Crippen molar-refractivity contribution in [2.75, 3.05) is 19.6 Å². The van der Waals surface area contributed by atoms with Gasteiger partial charge in [-0.3, -0.25) is 4.90 Å². The molecule has 1 unspecified atom stereocenters. The normalized spacial score (nSPS) is 38.8. The molecule has 1 N–H and O–H groups in total. The number of nitrogens with zero attached hydrogens (tertiary/aromatic N) is 1. The van der Waals surface area contributed by atoms with Crippen molar-refractivity contribution < 1.29 is 9.84 Å². The van der Waals surface area contributed by atoms with Gasteiger partial charge in [-0.2, -0.15) is 0 Å². The highest BCUT2D eigenvalue weighted by Gasteiger charge is 2.42. The average Bonchev–Trinajstić information content (AvgIpc) is 2.94. The Morgan fingerprint density at radius 2 is 2.00 bits per heavy atom. The van der Waals surface area contributed by atoms with E-state index >= 15 is 0 Å². The molecule has 0 bridgehead atoms. The van der Waals surface area contributed by atoms with Gasteiger partial charge in [-0.05, 0) is 32.1 Å². The van der Waals surface area contributed by atoms with Crippen LogP contribution >= 0.6 is 0 Å². The van der Waals surface area contributed by atoms with E-state index in [-0.39, 0.29) is 11.7 Å². The molecule has 0 aromatic heterocycles. The van der Waals surface area contributed by atoms with Crippen LogP contribution in [-0.4, -0.2) is 47.4 Å². The summed E-state index contributed by atoms with van der Waals surface area (Å²) < 4.78 is 6.28. The summed E-state index contributed by atoms with van der Waals surface area (Å²) in [5.74, 6) is 0. The largest absolute Gasteiger partial charge is 0.392 e. The van der Waals surface area contributed by atoms with Crippen LogP contribution in [0.5, 0.6) is 0 Å². The smallest absolute Gasteiger partial charge is 0.0710 e. The predicted octanol–water partition coefficient (Wildman–Crippen LogP) is 1.54. The minimum Gasteiger partial charge on any atom is -0.392 e. The van der Waals surface area contributed by atoms with Gasteiger partial charge >= 0.3 is 0 Å². The van der Waals surface area contributed by atoms with Gasteiger partial charge < -0.3 is 9.84 Å². The second-order valence-electron chi connectivity index (χ2n) is 5.87. The number of rotatable bonds is 2. The minimum atomic E-state index is -0.0955. The molecule has 0 aromatic carbocycles. The molecular weight excluding hydrogens is 202 g/mol. The Hall–Kier alpha value is -0.120. The van der Waals surface area contributed by atoms with Crippen molar-refractivity contribution in [3.8, 4) is 0 Å². The molecule has 2 heterocycles. The van der Waals surface area contributed by atoms with Gasteiger partial charge in [-0.25, -0.2) is 0 Å². The number of aliphatic hydroxyl groups is 1. The molecule has 1 saturated carbocycles. The maximum Gasteiger partial charge on any atom is 0.0710 e. The molecule has 0 aromatic rings. The molecule has 0 radical (unpaired) electrons. The number of ether oxygens (including phenoxy) is 1. The van der Waals surface area contributed by atoms with Crippen LogP contribution in [0.15, 0.2) is 0 Å². The van der Waals surface area contributed by atoms with Crippen molar-refractivity contribution in [3.05, 3.63) is 0 Å². The molecule has 3 aliphatic rings. The van der Waals surface area contributed by atoms with E-state index in [1.54, 1.807) is 0 Å². The van der Waals surface area contributed by atoms with Gasteiger partial charge in [-0.1, -0.05) is 12.8 Å². The van der Waals surface area contributed by atoms with Crippen LogP contribution in [0, 0.1) is 0 Å². The van der Waals surface area contributed by atoms with Gasteiger partial charge in [0.05, 0.1) is 17.8 Å². The SMILES string of the molecule is O[C@H]1CCN(CC2CCC3(CCCC3)O2)C1. The standard InChI is InChI=1S/C13H23NO2/c15-11-4-8-14(9-11)10-12-3-7-13(16-12)5-1-2-6-13/h11-12,15H,1-10H2/t11-,12?/m0/s1. The van der Waals surface area contributed by atoms with Crippen molar-refractivity contribution >= 4 is 0 Å².